The first-order valence-corrected chi connectivity index (χ1v) is 5.98. The summed E-state index contributed by atoms with van der Waals surface area (Å²) in [6, 6.07) is 6.19. The molecule has 0 fully saturated rings. The molecule has 0 radical (unpaired) electrons. The van der Waals surface area contributed by atoms with Crippen LogP contribution in [0.25, 0.3) is 0 Å². The van der Waals surface area contributed by atoms with Gasteiger partial charge in [-0.2, -0.15) is 0 Å². The van der Waals surface area contributed by atoms with Crippen molar-refractivity contribution in [1.29, 1.82) is 0 Å². The molecule has 0 aliphatic heterocycles. The van der Waals surface area contributed by atoms with Crippen LogP contribution < -0.4 is 5.32 Å². The summed E-state index contributed by atoms with van der Waals surface area (Å²) in [5.74, 6) is -1.53. The van der Waals surface area contributed by atoms with Crippen molar-refractivity contribution in [3.05, 3.63) is 63.9 Å². The molecule has 1 nitrogen and oxygen atoms in total. The fourth-order valence-electron chi connectivity index (χ4n) is 1.69. The minimum Gasteiger partial charge on any atom is -0.379 e. The van der Waals surface area contributed by atoms with Crippen LogP contribution in [0.2, 0.25) is 5.02 Å². The van der Waals surface area contributed by atoms with Crippen molar-refractivity contribution < 1.29 is 13.2 Å². The van der Waals surface area contributed by atoms with Crippen molar-refractivity contribution in [3.8, 4) is 0 Å². The predicted octanol–water partition coefficient (Wildman–Crippen LogP) is 4.68. The first-order valence-electron chi connectivity index (χ1n) is 5.60. The molecule has 0 atom stereocenters. The lowest BCUT2D eigenvalue weighted by Gasteiger charge is -2.09. The van der Waals surface area contributed by atoms with E-state index in [1.54, 1.807) is 6.07 Å². The largest absolute Gasteiger partial charge is 0.379 e. The lowest BCUT2D eigenvalue weighted by Crippen LogP contribution is -2.03. The Morgan fingerprint density at radius 1 is 1.00 bits per heavy atom. The fourth-order valence-corrected chi connectivity index (χ4v) is 1.94. The zero-order valence-corrected chi connectivity index (χ0v) is 10.9. The minimum absolute atomic E-state index is 0.0310. The van der Waals surface area contributed by atoms with Gasteiger partial charge in [0.2, 0.25) is 0 Å². The maximum atomic E-state index is 13.6. The summed E-state index contributed by atoms with van der Waals surface area (Å²) in [6.45, 7) is 1.63. The molecule has 2 aromatic carbocycles. The van der Waals surface area contributed by atoms with E-state index in [4.69, 9.17) is 11.6 Å². The summed E-state index contributed by atoms with van der Waals surface area (Å²) in [7, 11) is 0. The summed E-state index contributed by atoms with van der Waals surface area (Å²) in [6.07, 6.45) is 0. The molecule has 1 N–H and O–H groups in total. The quantitative estimate of drug-likeness (QED) is 0.863. The first-order chi connectivity index (χ1) is 8.95. The molecule has 2 aromatic rings. The first kappa shape index (κ1) is 13.7. The Morgan fingerprint density at radius 2 is 1.74 bits per heavy atom. The normalized spacial score (nSPS) is 10.6. The van der Waals surface area contributed by atoms with Gasteiger partial charge in [-0.3, -0.25) is 0 Å². The standard InChI is InChI=1S/C14H11ClF3N/c1-8-2-13(18)14(6-12(8)17)19-7-9-3-10(15)5-11(16)4-9/h2-6,19H,7H2,1H3. The molecule has 0 aliphatic rings. The molecule has 0 saturated heterocycles. The SMILES string of the molecule is Cc1cc(F)c(NCc2cc(F)cc(Cl)c2)cc1F. The Balaban J connectivity index is 2.16. The summed E-state index contributed by atoms with van der Waals surface area (Å²) in [4.78, 5) is 0. The van der Waals surface area contributed by atoms with Gasteiger partial charge in [-0.05, 0) is 42.3 Å². The summed E-state index contributed by atoms with van der Waals surface area (Å²) < 4.78 is 40.0. The van der Waals surface area contributed by atoms with Crippen LogP contribution in [0, 0.1) is 24.4 Å². The average Bonchev–Trinajstić information content (AvgIpc) is 2.31. The molecule has 0 amide bonds. The Kier molecular flexibility index (Phi) is 4.00. The predicted molar refractivity (Wildman–Crippen MR) is 69.8 cm³/mol. The van der Waals surface area contributed by atoms with Gasteiger partial charge in [0, 0.05) is 17.6 Å². The van der Waals surface area contributed by atoms with Gasteiger partial charge in [0.1, 0.15) is 17.5 Å². The van der Waals surface area contributed by atoms with Gasteiger partial charge in [0.25, 0.3) is 0 Å². The molecule has 100 valence electrons. The summed E-state index contributed by atoms with van der Waals surface area (Å²) in [5, 5.41) is 2.97. The highest BCUT2D eigenvalue weighted by Crippen LogP contribution is 2.20. The molecule has 0 aromatic heterocycles. The van der Waals surface area contributed by atoms with E-state index in [9.17, 15) is 13.2 Å². The maximum absolute atomic E-state index is 13.6. The molecule has 0 spiro atoms. The third-order valence-corrected chi connectivity index (χ3v) is 2.87. The molecule has 0 heterocycles. The van der Waals surface area contributed by atoms with Crippen LogP contribution in [-0.2, 0) is 6.54 Å². The number of rotatable bonds is 3. The molecule has 0 unspecified atom stereocenters. The van der Waals surface area contributed by atoms with E-state index in [1.165, 1.54) is 19.1 Å². The van der Waals surface area contributed by atoms with Crippen LogP contribution in [0.4, 0.5) is 18.9 Å². The summed E-state index contributed by atoms with van der Waals surface area (Å²) in [5.41, 5.74) is 0.811. The Labute approximate surface area is 114 Å². The van der Waals surface area contributed by atoms with Gasteiger partial charge >= 0.3 is 0 Å². The van der Waals surface area contributed by atoms with Gasteiger partial charge < -0.3 is 5.32 Å². The number of hydrogen-bond acceptors (Lipinski definition) is 1. The van der Waals surface area contributed by atoms with E-state index < -0.39 is 17.5 Å². The van der Waals surface area contributed by atoms with Gasteiger partial charge in [-0.25, -0.2) is 13.2 Å². The van der Waals surface area contributed by atoms with E-state index in [-0.39, 0.29) is 22.8 Å². The zero-order chi connectivity index (χ0) is 14.0. The van der Waals surface area contributed by atoms with Crippen LogP contribution in [0.5, 0.6) is 0 Å². The second-order valence-electron chi connectivity index (χ2n) is 4.21. The number of halogens is 4. The third kappa shape index (κ3) is 3.41. The summed E-state index contributed by atoms with van der Waals surface area (Å²) >= 11 is 5.71. The van der Waals surface area contributed by atoms with Gasteiger partial charge in [-0.1, -0.05) is 11.6 Å². The molecule has 2 rings (SSSR count). The third-order valence-electron chi connectivity index (χ3n) is 2.65. The molecular formula is C14H11ClF3N. The number of anilines is 1. The van der Waals surface area contributed by atoms with Crippen LogP contribution >= 0.6 is 11.6 Å². The van der Waals surface area contributed by atoms with Gasteiger partial charge in [0.05, 0.1) is 5.69 Å². The lowest BCUT2D eigenvalue weighted by atomic mass is 10.2. The van der Waals surface area contributed by atoms with Crippen molar-refractivity contribution in [2.24, 2.45) is 0 Å². The highest BCUT2D eigenvalue weighted by atomic mass is 35.5. The van der Waals surface area contributed by atoms with Crippen LogP contribution in [0.3, 0.4) is 0 Å². The lowest BCUT2D eigenvalue weighted by molar-refractivity contribution is 0.594. The van der Waals surface area contributed by atoms with Crippen LogP contribution in [0.15, 0.2) is 30.3 Å². The minimum atomic E-state index is -0.554. The number of hydrogen-bond donors (Lipinski definition) is 1. The molecule has 0 saturated carbocycles. The molecule has 0 bridgehead atoms. The topological polar surface area (TPSA) is 12.0 Å². The molecule has 19 heavy (non-hydrogen) atoms. The number of benzene rings is 2. The maximum Gasteiger partial charge on any atom is 0.146 e. The second kappa shape index (κ2) is 5.53. The van der Waals surface area contributed by atoms with Crippen molar-refractivity contribution >= 4 is 17.3 Å². The van der Waals surface area contributed by atoms with Crippen molar-refractivity contribution in [2.45, 2.75) is 13.5 Å². The molecule has 5 heteroatoms. The van der Waals surface area contributed by atoms with Crippen molar-refractivity contribution in [1.82, 2.24) is 0 Å². The second-order valence-corrected chi connectivity index (χ2v) is 4.65. The van der Waals surface area contributed by atoms with E-state index in [1.807, 2.05) is 0 Å². The average molecular weight is 286 g/mol. The van der Waals surface area contributed by atoms with Crippen molar-refractivity contribution in [3.63, 3.8) is 0 Å². The highest BCUT2D eigenvalue weighted by Gasteiger charge is 2.07. The van der Waals surface area contributed by atoms with E-state index in [2.05, 4.69) is 5.32 Å². The zero-order valence-electron chi connectivity index (χ0n) is 10.1. The van der Waals surface area contributed by atoms with E-state index in [0.29, 0.717) is 5.56 Å². The Morgan fingerprint density at radius 3 is 2.42 bits per heavy atom. The van der Waals surface area contributed by atoms with Crippen LogP contribution in [-0.4, -0.2) is 0 Å². The Bertz CT molecular complexity index is 594. The molecule has 0 aliphatic carbocycles. The van der Waals surface area contributed by atoms with Gasteiger partial charge in [-0.15, -0.1) is 0 Å². The van der Waals surface area contributed by atoms with E-state index >= 15 is 0 Å². The van der Waals surface area contributed by atoms with Gasteiger partial charge in [0.15, 0.2) is 0 Å². The van der Waals surface area contributed by atoms with Crippen molar-refractivity contribution in [2.75, 3.05) is 5.32 Å². The Hall–Kier alpha value is -1.68. The number of aryl methyl sites for hydroxylation is 1. The van der Waals surface area contributed by atoms with Crippen LogP contribution in [0.1, 0.15) is 11.1 Å². The molecular weight excluding hydrogens is 275 g/mol. The smallest absolute Gasteiger partial charge is 0.146 e. The highest BCUT2D eigenvalue weighted by molar-refractivity contribution is 6.30. The monoisotopic (exact) mass is 285 g/mol. The van der Waals surface area contributed by atoms with E-state index in [0.717, 1.165) is 12.1 Å². The fraction of sp³-hybridized carbons (Fsp3) is 0.143. The number of nitrogens with one attached hydrogen (secondary N) is 1.